The first kappa shape index (κ1) is 21.3. The van der Waals surface area contributed by atoms with Gasteiger partial charge in [0, 0.05) is 30.0 Å². The van der Waals surface area contributed by atoms with E-state index >= 15 is 0 Å². The van der Waals surface area contributed by atoms with Crippen molar-refractivity contribution in [2.24, 2.45) is 11.3 Å². The molecule has 0 N–H and O–H groups in total. The van der Waals surface area contributed by atoms with Crippen LogP contribution in [0, 0.1) is 18.3 Å². The van der Waals surface area contributed by atoms with Gasteiger partial charge in [0.1, 0.15) is 5.41 Å². The summed E-state index contributed by atoms with van der Waals surface area (Å²) in [6.45, 7) is 3.20. The average molecular weight is 426 g/mol. The number of ether oxygens (including phenoxy) is 4. The first-order valence-corrected chi connectivity index (χ1v) is 9.06. The SMILES string of the molecule is COC(=O)[C@@]12COC[C@@H]1CN(C(=O)c1oc3c(OC)c(OC)ccc3c1C)C2.Cl. The largest absolute Gasteiger partial charge is 0.493 e. The van der Waals surface area contributed by atoms with E-state index in [-0.39, 0.29) is 49.1 Å². The third-order valence-corrected chi connectivity index (χ3v) is 5.90. The molecule has 2 saturated heterocycles. The highest BCUT2D eigenvalue weighted by Gasteiger charge is 2.58. The Balaban J connectivity index is 0.00000240. The Kier molecular flexibility index (Phi) is 5.69. The normalized spacial score (nSPS) is 22.9. The number of furan rings is 1. The quantitative estimate of drug-likeness (QED) is 0.695. The number of esters is 1. The van der Waals surface area contributed by atoms with Crippen LogP contribution in [0.15, 0.2) is 16.5 Å². The van der Waals surface area contributed by atoms with Gasteiger partial charge in [0.15, 0.2) is 17.1 Å². The zero-order chi connectivity index (χ0) is 20.1. The molecule has 158 valence electrons. The van der Waals surface area contributed by atoms with Crippen LogP contribution in [0.5, 0.6) is 11.5 Å². The van der Waals surface area contributed by atoms with Crippen molar-refractivity contribution in [3.8, 4) is 11.5 Å². The van der Waals surface area contributed by atoms with Crippen LogP contribution in [0.4, 0.5) is 0 Å². The third kappa shape index (κ3) is 3.02. The molecule has 0 bridgehead atoms. The summed E-state index contributed by atoms with van der Waals surface area (Å²) in [6, 6.07) is 3.62. The molecule has 2 aliphatic rings. The van der Waals surface area contributed by atoms with Crippen molar-refractivity contribution in [3.63, 3.8) is 0 Å². The van der Waals surface area contributed by atoms with E-state index in [2.05, 4.69) is 0 Å². The summed E-state index contributed by atoms with van der Waals surface area (Å²) in [5.41, 5.74) is 0.389. The van der Waals surface area contributed by atoms with Crippen molar-refractivity contribution in [2.45, 2.75) is 6.92 Å². The van der Waals surface area contributed by atoms with E-state index in [0.717, 1.165) is 10.9 Å². The molecular weight excluding hydrogens is 402 g/mol. The number of methoxy groups -OCH3 is 3. The number of carbonyl (C=O) groups excluding carboxylic acids is 2. The van der Waals surface area contributed by atoms with Gasteiger partial charge in [-0.15, -0.1) is 12.4 Å². The summed E-state index contributed by atoms with van der Waals surface area (Å²) in [6.07, 6.45) is 0. The number of fused-ring (bicyclic) bond motifs is 2. The number of likely N-dealkylation sites (tertiary alicyclic amines) is 1. The Labute approximate surface area is 174 Å². The fourth-order valence-electron chi connectivity index (χ4n) is 4.33. The number of amides is 1. The standard InChI is InChI=1S/C20H23NO7.ClH/c1-11-13-5-6-14(24-2)17(25-3)16(13)28-15(11)18(22)21-7-12-8-27-10-20(12,9-21)19(23)26-4;/h5-6,12H,7-10H2,1-4H3;1H/t12-,20-;/m0./s1. The van der Waals surface area contributed by atoms with Gasteiger partial charge in [-0.05, 0) is 19.1 Å². The maximum Gasteiger partial charge on any atom is 0.316 e. The van der Waals surface area contributed by atoms with Crippen molar-refractivity contribution < 1.29 is 33.0 Å². The summed E-state index contributed by atoms with van der Waals surface area (Å²) >= 11 is 0. The first-order valence-electron chi connectivity index (χ1n) is 9.06. The van der Waals surface area contributed by atoms with Gasteiger partial charge in [-0.2, -0.15) is 0 Å². The van der Waals surface area contributed by atoms with Crippen molar-refractivity contribution in [1.82, 2.24) is 4.90 Å². The lowest BCUT2D eigenvalue weighted by molar-refractivity contribution is -0.153. The Bertz CT molecular complexity index is 956. The van der Waals surface area contributed by atoms with Gasteiger partial charge in [0.2, 0.25) is 5.75 Å². The summed E-state index contributed by atoms with van der Waals surface area (Å²) in [7, 11) is 4.43. The predicted molar refractivity (Wildman–Crippen MR) is 106 cm³/mol. The maximum absolute atomic E-state index is 13.2. The molecule has 2 atom stereocenters. The molecule has 1 aromatic carbocycles. The molecule has 8 nitrogen and oxygen atoms in total. The molecular formula is C20H24ClNO7. The van der Waals surface area contributed by atoms with E-state index in [1.165, 1.54) is 14.2 Å². The molecule has 0 saturated carbocycles. The Morgan fingerprint density at radius 2 is 1.97 bits per heavy atom. The summed E-state index contributed by atoms with van der Waals surface area (Å²) in [4.78, 5) is 27.3. The van der Waals surface area contributed by atoms with Crippen LogP contribution < -0.4 is 9.47 Å². The van der Waals surface area contributed by atoms with Crippen molar-refractivity contribution in [3.05, 3.63) is 23.5 Å². The molecule has 4 rings (SSSR count). The highest BCUT2D eigenvalue weighted by molar-refractivity contribution is 6.01. The molecule has 0 aliphatic carbocycles. The van der Waals surface area contributed by atoms with E-state index in [1.54, 1.807) is 18.1 Å². The Morgan fingerprint density at radius 1 is 1.21 bits per heavy atom. The van der Waals surface area contributed by atoms with Crippen LogP contribution in [0.2, 0.25) is 0 Å². The molecule has 2 aliphatic heterocycles. The number of nitrogens with zero attached hydrogens (tertiary/aromatic N) is 1. The van der Waals surface area contributed by atoms with E-state index in [9.17, 15) is 9.59 Å². The molecule has 3 heterocycles. The smallest absolute Gasteiger partial charge is 0.316 e. The van der Waals surface area contributed by atoms with Gasteiger partial charge in [0.25, 0.3) is 5.91 Å². The second kappa shape index (κ2) is 7.76. The molecule has 2 fully saturated rings. The lowest BCUT2D eigenvalue weighted by Gasteiger charge is -2.23. The zero-order valence-electron chi connectivity index (χ0n) is 16.8. The Hall–Kier alpha value is -2.45. The Morgan fingerprint density at radius 3 is 2.62 bits per heavy atom. The van der Waals surface area contributed by atoms with Crippen molar-refractivity contribution in [1.29, 1.82) is 0 Å². The molecule has 0 radical (unpaired) electrons. The second-order valence-electron chi connectivity index (χ2n) is 7.28. The van der Waals surface area contributed by atoms with E-state index in [1.807, 2.05) is 13.0 Å². The van der Waals surface area contributed by atoms with Crippen LogP contribution in [0.25, 0.3) is 11.0 Å². The minimum atomic E-state index is -0.800. The minimum Gasteiger partial charge on any atom is -0.493 e. The van der Waals surface area contributed by atoms with Gasteiger partial charge < -0.3 is 28.3 Å². The maximum atomic E-state index is 13.2. The van der Waals surface area contributed by atoms with Crippen LogP contribution in [0.3, 0.4) is 0 Å². The zero-order valence-corrected chi connectivity index (χ0v) is 17.6. The number of carbonyl (C=O) groups is 2. The summed E-state index contributed by atoms with van der Waals surface area (Å²) in [5, 5.41) is 0.784. The van der Waals surface area contributed by atoms with Crippen LogP contribution in [-0.4, -0.2) is 64.4 Å². The second-order valence-corrected chi connectivity index (χ2v) is 7.28. The number of rotatable bonds is 4. The van der Waals surface area contributed by atoms with Crippen molar-refractivity contribution in [2.75, 3.05) is 47.6 Å². The lowest BCUT2D eigenvalue weighted by atomic mass is 9.81. The fourth-order valence-corrected chi connectivity index (χ4v) is 4.33. The third-order valence-electron chi connectivity index (χ3n) is 5.90. The minimum absolute atomic E-state index is 0. The molecule has 2 aromatic rings. The molecule has 1 aromatic heterocycles. The average Bonchev–Trinajstić information content (AvgIpc) is 3.37. The van der Waals surface area contributed by atoms with Gasteiger partial charge >= 0.3 is 5.97 Å². The monoisotopic (exact) mass is 425 g/mol. The number of halogens is 1. The van der Waals surface area contributed by atoms with E-state index in [0.29, 0.717) is 30.2 Å². The molecule has 0 unspecified atom stereocenters. The highest BCUT2D eigenvalue weighted by Crippen LogP contribution is 2.44. The van der Waals surface area contributed by atoms with Gasteiger partial charge in [-0.3, -0.25) is 9.59 Å². The van der Waals surface area contributed by atoms with Crippen molar-refractivity contribution >= 4 is 35.3 Å². The molecule has 1 amide bonds. The lowest BCUT2D eigenvalue weighted by Crippen LogP contribution is -2.41. The van der Waals surface area contributed by atoms with E-state index in [4.69, 9.17) is 23.4 Å². The summed E-state index contributed by atoms with van der Waals surface area (Å²) < 4.78 is 27.2. The van der Waals surface area contributed by atoms with Crippen LogP contribution in [0.1, 0.15) is 16.1 Å². The number of benzene rings is 1. The van der Waals surface area contributed by atoms with Crippen LogP contribution in [-0.2, 0) is 14.3 Å². The molecule has 29 heavy (non-hydrogen) atoms. The predicted octanol–water partition coefficient (Wildman–Crippen LogP) is 2.44. The first-order chi connectivity index (χ1) is 13.5. The number of aryl methyl sites for hydroxylation is 1. The fraction of sp³-hybridized carbons (Fsp3) is 0.500. The van der Waals surface area contributed by atoms with Crippen LogP contribution >= 0.6 is 12.4 Å². The number of hydrogen-bond donors (Lipinski definition) is 0. The molecule has 0 spiro atoms. The molecule has 9 heteroatoms. The van der Waals surface area contributed by atoms with Gasteiger partial charge in [-0.25, -0.2) is 0 Å². The van der Waals surface area contributed by atoms with Gasteiger partial charge in [-0.1, -0.05) is 0 Å². The number of hydrogen-bond acceptors (Lipinski definition) is 7. The highest BCUT2D eigenvalue weighted by atomic mass is 35.5. The van der Waals surface area contributed by atoms with E-state index < -0.39 is 5.41 Å². The topological polar surface area (TPSA) is 87.4 Å². The van der Waals surface area contributed by atoms with Gasteiger partial charge in [0.05, 0.1) is 34.5 Å². The summed E-state index contributed by atoms with van der Waals surface area (Å²) in [5.74, 6) is 0.538.